The van der Waals surface area contributed by atoms with E-state index in [1.165, 1.54) is 0 Å². The SMILES string of the molecule is C=CCC(C)(N)C1CCCC1(C)O. The zero-order chi connectivity index (χ0) is 10.1. The van der Waals surface area contributed by atoms with E-state index in [2.05, 4.69) is 6.58 Å². The Bertz CT molecular complexity index is 196. The highest BCUT2D eigenvalue weighted by atomic mass is 16.3. The molecule has 0 saturated heterocycles. The van der Waals surface area contributed by atoms with Crippen molar-refractivity contribution < 1.29 is 5.11 Å². The normalized spacial score (nSPS) is 38.6. The quantitative estimate of drug-likeness (QED) is 0.656. The van der Waals surface area contributed by atoms with E-state index in [1.807, 2.05) is 19.9 Å². The largest absolute Gasteiger partial charge is 0.390 e. The third kappa shape index (κ3) is 2.12. The minimum absolute atomic E-state index is 0.206. The number of rotatable bonds is 3. The summed E-state index contributed by atoms with van der Waals surface area (Å²) in [7, 11) is 0. The molecule has 13 heavy (non-hydrogen) atoms. The second kappa shape index (κ2) is 3.43. The Balaban J connectivity index is 2.75. The Labute approximate surface area is 80.8 Å². The smallest absolute Gasteiger partial charge is 0.0665 e. The van der Waals surface area contributed by atoms with Gasteiger partial charge in [0.1, 0.15) is 0 Å². The number of hydrogen-bond acceptors (Lipinski definition) is 2. The molecule has 2 heteroatoms. The van der Waals surface area contributed by atoms with Crippen molar-refractivity contribution >= 4 is 0 Å². The lowest BCUT2D eigenvalue weighted by Gasteiger charge is -2.38. The maximum atomic E-state index is 10.1. The zero-order valence-electron chi connectivity index (χ0n) is 8.71. The maximum Gasteiger partial charge on any atom is 0.0665 e. The van der Waals surface area contributed by atoms with Gasteiger partial charge in [-0.2, -0.15) is 0 Å². The van der Waals surface area contributed by atoms with Crippen molar-refractivity contribution in [2.45, 2.75) is 50.7 Å². The average molecular weight is 183 g/mol. The van der Waals surface area contributed by atoms with Gasteiger partial charge in [0.2, 0.25) is 0 Å². The van der Waals surface area contributed by atoms with Crippen LogP contribution in [-0.4, -0.2) is 16.2 Å². The van der Waals surface area contributed by atoms with Gasteiger partial charge in [0.05, 0.1) is 5.60 Å². The van der Waals surface area contributed by atoms with Crippen LogP contribution in [0.15, 0.2) is 12.7 Å². The Morgan fingerprint density at radius 1 is 1.77 bits per heavy atom. The van der Waals surface area contributed by atoms with Crippen molar-refractivity contribution in [2.75, 3.05) is 0 Å². The van der Waals surface area contributed by atoms with E-state index < -0.39 is 5.60 Å². The molecule has 76 valence electrons. The average Bonchev–Trinajstić information content (AvgIpc) is 2.29. The van der Waals surface area contributed by atoms with Gasteiger partial charge in [0.25, 0.3) is 0 Å². The summed E-state index contributed by atoms with van der Waals surface area (Å²) in [4.78, 5) is 0. The lowest BCUT2D eigenvalue weighted by Crippen LogP contribution is -2.51. The van der Waals surface area contributed by atoms with Gasteiger partial charge in [-0.3, -0.25) is 0 Å². The number of hydrogen-bond donors (Lipinski definition) is 2. The monoisotopic (exact) mass is 183 g/mol. The third-order valence-electron chi connectivity index (χ3n) is 3.31. The minimum Gasteiger partial charge on any atom is -0.390 e. The lowest BCUT2D eigenvalue weighted by atomic mass is 9.75. The van der Waals surface area contributed by atoms with Crippen LogP contribution in [0.2, 0.25) is 0 Å². The minimum atomic E-state index is -0.577. The highest BCUT2D eigenvalue weighted by molar-refractivity contribution is 5.03. The number of nitrogens with two attached hydrogens (primary N) is 1. The van der Waals surface area contributed by atoms with Crippen LogP contribution in [0.4, 0.5) is 0 Å². The molecule has 0 aromatic heterocycles. The van der Waals surface area contributed by atoms with Crippen LogP contribution in [0.25, 0.3) is 0 Å². The van der Waals surface area contributed by atoms with Gasteiger partial charge in [-0.1, -0.05) is 12.5 Å². The van der Waals surface area contributed by atoms with Gasteiger partial charge < -0.3 is 10.8 Å². The molecule has 3 N–H and O–H groups in total. The van der Waals surface area contributed by atoms with Gasteiger partial charge in [-0.25, -0.2) is 0 Å². The van der Waals surface area contributed by atoms with Crippen molar-refractivity contribution in [2.24, 2.45) is 11.7 Å². The molecule has 3 atom stereocenters. The summed E-state index contributed by atoms with van der Waals surface area (Å²) in [6.07, 6.45) is 5.61. The Kier molecular flexibility index (Phi) is 2.83. The lowest BCUT2D eigenvalue weighted by molar-refractivity contribution is -0.00801. The van der Waals surface area contributed by atoms with Gasteiger partial charge in [-0.05, 0) is 33.1 Å². The van der Waals surface area contributed by atoms with Crippen molar-refractivity contribution in [1.29, 1.82) is 0 Å². The van der Waals surface area contributed by atoms with E-state index >= 15 is 0 Å². The van der Waals surface area contributed by atoms with Crippen LogP contribution < -0.4 is 5.73 Å². The van der Waals surface area contributed by atoms with Crippen molar-refractivity contribution in [1.82, 2.24) is 0 Å². The Hall–Kier alpha value is -0.340. The van der Waals surface area contributed by atoms with E-state index in [4.69, 9.17) is 5.73 Å². The Morgan fingerprint density at radius 2 is 2.38 bits per heavy atom. The molecule has 1 fully saturated rings. The molecule has 0 heterocycles. The fourth-order valence-electron chi connectivity index (χ4n) is 2.64. The van der Waals surface area contributed by atoms with Crippen LogP contribution in [0.3, 0.4) is 0 Å². The predicted molar refractivity (Wildman–Crippen MR) is 55.4 cm³/mol. The molecule has 1 aliphatic rings. The van der Waals surface area contributed by atoms with E-state index in [0.29, 0.717) is 0 Å². The fourth-order valence-corrected chi connectivity index (χ4v) is 2.64. The highest BCUT2D eigenvalue weighted by Crippen LogP contribution is 2.42. The van der Waals surface area contributed by atoms with Crippen LogP contribution in [0.1, 0.15) is 39.5 Å². The standard InChI is InChI=1S/C11H21NO/c1-4-7-10(2,12)9-6-5-8-11(9,3)13/h4,9,13H,1,5-8,12H2,2-3H3. The summed E-state index contributed by atoms with van der Waals surface area (Å²) in [6, 6.07) is 0. The molecule has 2 nitrogen and oxygen atoms in total. The first-order chi connectivity index (χ1) is 5.90. The molecule has 0 radical (unpaired) electrons. The highest BCUT2D eigenvalue weighted by Gasteiger charge is 2.45. The fraction of sp³-hybridized carbons (Fsp3) is 0.818. The molecular weight excluding hydrogens is 162 g/mol. The van der Waals surface area contributed by atoms with Gasteiger partial charge in [-0.15, -0.1) is 6.58 Å². The summed E-state index contributed by atoms with van der Waals surface area (Å²) in [5, 5.41) is 10.1. The van der Waals surface area contributed by atoms with Crippen LogP contribution in [0, 0.1) is 5.92 Å². The van der Waals surface area contributed by atoms with E-state index in [1.54, 1.807) is 0 Å². The summed E-state index contributed by atoms with van der Waals surface area (Å²) in [5.41, 5.74) is 5.30. The Morgan fingerprint density at radius 3 is 2.77 bits per heavy atom. The van der Waals surface area contributed by atoms with E-state index in [9.17, 15) is 5.11 Å². The summed E-state index contributed by atoms with van der Waals surface area (Å²) >= 11 is 0. The number of aliphatic hydroxyl groups is 1. The van der Waals surface area contributed by atoms with Crippen molar-refractivity contribution in [3.05, 3.63) is 12.7 Å². The van der Waals surface area contributed by atoms with E-state index in [0.717, 1.165) is 25.7 Å². The van der Waals surface area contributed by atoms with Crippen LogP contribution >= 0.6 is 0 Å². The predicted octanol–water partition coefficient (Wildman–Crippen LogP) is 1.83. The molecule has 0 aromatic carbocycles. The van der Waals surface area contributed by atoms with Gasteiger partial charge in [0.15, 0.2) is 0 Å². The second-order valence-corrected chi connectivity index (χ2v) is 4.80. The first-order valence-corrected chi connectivity index (χ1v) is 5.02. The summed E-state index contributed by atoms with van der Waals surface area (Å²) < 4.78 is 0. The first kappa shape index (κ1) is 10.7. The molecule has 1 saturated carbocycles. The summed E-state index contributed by atoms with van der Waals surface area (Å²) in [5.74, 6) is 0.206. The van der Waals surface area contributed by atoms with Crippen molar-refractivity contribution in [3.63, 3.8) is 0 Å². The van der Waals surface area contributed by atoms with Crippen molar-refractivity contribution in [3.8, 4) is 0 Å². The molecule has 0 aliphatic heterocycles. The molecule has 0 amide bonds. The molecule has 0 bridgehead atoms. The molecule has 1 aliphatic carbocycles. The second-order valence-electron chi connectivity index (χ2n) is 4.80. The molecule has 0 aromatic rings. The zero-order valence-corrected chi connectivity index (χ0v) is 8.71. The maximum absolute atomic E-state index is 10.1. The molecule has 1 rings (SSSR count). The van der Waals surface area contributed by atoms with Crippen LogP contribution in [-0.2, 0) is 0 Å². The topological polar surface area (TPSA) is 46.2 Å². The summed E-state index contributed by atoms with van der Waals surface area (Å²) in [6.45, 7) is 7.62. The molecular formula is C11H21NO. The third-order valence-corrected chi connectivity index (χ3v) is 3.31. The van der Waals surface area contributed by atoms with Gasteiger partial charge in [0, 0.05) is 11.5 Å². The first-order valence-electron chi connectivity index (χ1n) is 5.02. The molecule has 3 unspecified atom stereocenters. The molecule has 0 spiro atoms. The van der Waals surface area contributed by atoms with Crippen LogP contribution in [0.5, 0.6) is 0 Å². The van der Waals surface area contributed by atoms with E-state index in [-0.39, 0.29) is 11.5 Å². The van der Waals surface area contributed by atoms with Gasteiger partial charge >= 0.3 is 0 Å².